The molecule has 6 nitrogen and oxygen atoms in total. The van der Waals surface area contributed by atoms with Gasteiger partial charge in [-0.05, 0) is 6.92 Å². The van der Waals surface area contributed by atoms with Crippen molar-refractivity contribution in [1.29, 1.82) is 0 Å². The maximum atomic E-state index is 13.5. The van der Waals surface area contributed by atoms with Gasteiger partial charge in [0.2, 0.25) is 0 Å². The summed E-state index contributed by atoms with van der Waals surface area (Å²) in [7, 11) is 0. The minimum Gasteiger partial charge on any atom is -0.544 e. The molecule has 116 valence electrons. The van der Waals surface area contributed by atoms with Crippen LogP contribution in [0.25, 0.3) is 0 Å². The van der Waals surface area contributed by atoms with Crippen LogP contribution in [-0.4, -0.2) is 36.0 Å². The van der Waals surface area contributed by atoms with Crippen molar-refractivity contribution in [2.45, 2.75) is 52.7 Å². The number of carboxylic acid groups (broad SMARTS) is 1. The average molecular weight is 295 g/mol. The lowest BCUT2D eigenvalue weighted by Crippen LogP contribution is -2.56. The first kappa shape index (κ1) is 18.3. The zero-order valence-electron chi connectivity index (χ0n) is 11.9. The second kappa shape index (κ2) is 6.15. The van der Waals surface area contributed by atoms with Crippen molar-refractivity contribution in [3.63, 3.8) is 0 Å². The molecule has 0 aliphatic carbocycles. The van der Waals surface area contributed by atoms with E-state index in [2.05, 4.69) is 9.47 Å². The number of aliphatic carboxylic acids is 1. The average Bonchev–Trinajstić information content (AvgIpc) is 2.22. The number of ether oxygens (including phenoxy) is 2. The fraction of sp³-hybridized carbons (Fsp3) is 0.750. The van der Waals surface area contributed by atoms with Crippen molar-refractivity contribution in [3.8, 4) is 0 Å². The van der Waals surface area contributed by atoms with Crippen molar-refractivity contribution in [1.82, 2.24) is 0 Å². The summed E-state index contributed by atoms with van der Waals surface area (Å²) in [5.41, 5.74) is -1.37. The largest absolute Gasteiger partial charge is 0.544 e. The van der Waals surface area contributed by atoms with Gasteiger partial charge in [-0.25, -0.2) is 4.79 Å². The van der Waals surface area contributed by atoms with E-state index in [1.165, 1.54) is 20.8 Å². The molecule has 0 amide bonds. The van der Waals surface area contributed by atoms with Gasteiger partial charge in [0.1, 0.15) is 5.97 Å². The third-order valence-corrected chi connectivity index (χ3v) is 2.30. The van der Waals surface area contributed by atoms with Crippen LogP contribution in [0.4, 0.5) is 8.78 Å². The molecule has 8 heteroatoms. The van der Waals surface area contributed by atoms with E-state index in [1.54, 1.807) is 0 Å². The van der Waals surface area contributed by atoms with E-state index in [1.807, 2.05) is 0 Å². The molecule has 0 rings (SSSR count). The molecular formula is C12H17F2O6-. The molecule has 0 heterocycles. The van der Waals surface area contributed by atoms with Gasteiger partial charge in [-0.2, -0.15) is 8.78 Å². The summed E-state index contributed by atoms with van der Waals surface area (Å²) in [5, 5.41) is 10.5. The van der Waals surface area contributed by atoms with Crippen molar-refractivity contribution < 1.29 is 37.7 Å². The quantitative estimate of drug-likeness (QED) is 0.676. The minimum atomic E-state index is -4.37. The highest BCUT2D eigenvalue weighted by Gasteiger charge is 2.51. The Hall–Kier alpha value is -1.73. The Labute approximate surface area is 115 Å². The summed E-state index contributed by atoms with van der Waals surface area (Å²) in [4.78, 5) is 32.7. The zero-order chi connectivity index (χ0) is 16.3. The van der Waals surface area contributed by atoms with Crippen molar-refractivity contribution >= 4 is 17.9 Å². The van der Waals surface area contributed by atoms with Crippen LogP contribution in [0.5, 0.6) is 0 Å². The van der Waals surface area contributed by atoms with Gasteiger partial charge in [0.05, 0.1) is 0 Å². The highest BCUT2D eigenvalue weighted by molar-refractivity contribution is 5.79. The molecule has 0 aromatic rings. The first-order valence-corrected chi connectivity index (χ1v) is 5.77. The summed E-state index contributed by atoms with van der Waals surface area (Å²) < 4.78 is 36.1. The molecule has 0 spiro atoms. The Morgan fingerprint density at radius 3 is 1.85 bits per heavy atom. The van der Waals surface area contributed by atoms with Crippen LogP contribution in [0.1, 0.15) is 34.6 Å². The minimum absolute atomic E-state index is 0.798. The van der Waals surface area contributed by atoms with Crippen molar-refractivity contribution in [3.05, 3.63) is 0 Å². The van der Waals surface area contributed by atoms with E-state index in [9.17, 15) is 28.3 Å². The molecular weight excluding hydrogens is 278 g/mol. The summed E-state index contributed by atoms with van der Waals surface area (Å²) in [6, 6.07) is 0. The Kier molecular flexibility index (Phi) is 5.62. The molecule has 2 atom stereocenters. The molecule has 0 aliphatic rings. The lowest BCUT2D eigenvalue weighted by molar-refractivity contribution is -0.339. The van der Waals surface area contributed by atoms with Crippen LogP contribution < -0.4 is 5.11 Å². The van der Waals surface area contributed by atoms with Crippen LogP contribution in [-0.2, 0) is 23.9 Å². The van der Waals surface area contributed by atoms with E-state index >= 15 is 0 Å². The Morgan fingerprint density at radius 2 is 1.55 bits per heavy atom. The number of carboxylic acids is 1. The topological polar surface area (TPSA) is 92.7 Å². The van der Waals surface area contributed by atoms with Gasteiger partial charge < -0.3 is 19.4 Å². The van der Waals surface area contributed by atoms with Gasteiger partial charge in [-0.1, -0.05) is 20.8 Å². The highest BCUT2D eigenvalue weighted by atomic mass is 19.3. The number of hydrogen-bond acceptors (Lipinski definition) is 6. The predicted molar refractivity (Wildman–Crippen MR) is 60.5 cm³/mol. The van der Waals surface area contributed by atoms with Gasteiger partial charge in [0.15, 0.2) is 12.2 Å². The van der Waals surface area contributed by atoms with Gasteiger partial charge in [0.25, 0.3) is 0 Å². The lowest BCUT2D eigenvalue weighted by atomic mass is 9.85. The van der Waals surface area contributed by atoms with Crippen molar-refractivity contribution in [2.24, 2.45) is 5.41 Å². The molecule has 0 aliphatic heterocycles. The second-order valence-corrected chi connectivity index (χ2v) is 5.35. The maximum absolute atomic E-state index is 13.5. The predicted octanol–water partition coefficient (Wildman–Crippen LogP) is 0.281. The number of esters is 2. The molecule has 0 radical (unpaired) electrons. The van der Waals surface area contributed by atoms with Crippen LogP contribution >= 0.6 is 0 Å². The Balaban J connectivity index is 5.17. The summed E-state index contributed by atoms with van der Waals surface area (Å²) in [5.74, 6) is -9.08. The number of halogens is 2. The molecule has 20 heavy (non-hydrogen) atoms. The fourth-order valence-electron chi connectivity index (χ4n) is 1.41. The second-order valence-electron chi connectivity index (χ2n) is 5.35. The van der Waals surface area contributed by atoms with Crippen LogP contribution in [0.2, 0.25) is 0 Å². The molecule has 0 bridgehead atoms. The first-order chi connectivity index (χ1) is 8.80. The number of rotatable bonds is 5. The van der Waals surface area contributed by atoms with E-state index in [4.69, 9.17) is 0 Å². The van der Waals surface area contributed by atoms with E-state index in [-0.39, 0.29) is 0 Å². The number of carbonyl (C=O) groups excluding carboxylic acids is 3. The zero-order valence-corrected chi connectivity index (χ0v) is 11.9. The monoisotopic (exact) mass is 295 g/mol. The molecule has 0 fully saturated rings. The maximum Gasteiger partial charge on any atom is 0.347 e. The van der Waals surface area contributed by atoms with Crippen molar-refractivity contribution in [2.75, 3.05) is 0 Å². The summed E-state index contributed by atoms with van der Waals surface area (Å²) in [6.07, 6.45) is -3.68. The number of carbonyl (C=O) groups is 3. The molecule has 0 aromatic heterocycles. The molecule has 0 saturated heterocycles. The molecule has 0 saturated carbocycles. The first-order valence-electron chi connectivity index (χ1n) is 5.77. The van der Waals surface area contributed by atoms with E-state index in [0.29, 0.717) is 0 Å². The molecule has 0 aromatic carbocycles. The number of alkyl halides is 2. The van der Waals surface area contributed by atoms with Gasteiger partial charge in [0, 0.05) is 12.3 Å². The lowest BCUT2D eigenvalue weighted by Gasteiger charge is -2.36. The Morgan fingerprint density at radius 1 is 1.10 bits per heavy atom. The Bertz CT molecular complexity index is 399. The molecule has 0 N–H and O–H groups in total. The summed E-state index contributed by atoms with van der Waals surface area (Å²) in [6.45, 7) is 5.98. The van der Waals surface area contributed by atoms with Gasteiger partial charge in [-0.15, -0.1) is 0 Å². The SMILES string of the molecule is CC(=O)OC(C)C(=O)OC(C(C)(C)C)C(F)(F)C(=O)[O-]. The van der Waals surface area contributed by atoms with Gasteiger partial charge >= 0.3 is 17.9 Å². The van der Waals surface area contributed by atoms with Crippen LogP contribution in [0.3, 0.4) is 0 Å². The van der Waals surface area contributed by atoms with E-state index in [0.717, 1.165) is 13.8 Å². The van der Waals surface area contributed by atoms with Crippen LogP contribution in [0, 0.1) is 5.41 Å². The standard InChI is InChI=1S/C12H18F2O6/c1-6(19-7(2)15)8(16)20-9(11(3,4)5)12(13,14)10(17)18/h6,9H,1-5H3,(H,17,18)/p-1. The summed E-state index contributed by atoms with van der Waals surface area (Å²) >= 11 is 0. The number of hydrogen-bond donors (Lipinski definition) is 0. The smallest absolute Gasteiger partial charge is 0.347 e. The highest BCUT2D eigenvalue weighted by Crippen LogP contribution is 2.35. The van der Waals surface area contributed by atoms with Gasteiger partial charge in [-0.3, -0.25) is 4.79 Å². The molecule has 2 unspecified atom stereocenters. The van der Waals surface area contributed by atoms with E-state index < -0.39 is 41.5 Å². The van der Waals surface area contributed by atoms with Crippen LogP contribution in [0.15, 0.2) is 0 Å². The fourth-order valence-corrected chi connectivity index (χ4v) is 1.41. The third-order valence-electron chi connectivity index (χ3n) is 2.30. The third kappa shape index (κ3) is 4.75. The normalized spacial score (nSPS) is 15.2.